The van der Waals surface area contributed by atoms with Crippen LogP contribution in [-0.4, -0.2) is 58.7 Å². The van der Waals surface area contributed by atoms with Crippen molar-refractivity contribution in [1.82, 2.24) is 14.7 Å². The van der Waals surface area contributed by atoms with Crippen LogP contribution in [0.5, 0.6) is 0 Å². The van der Waals surface area contributed by atoms with Gasteiger partial charge in [-0.2, -0.15) is 5.10 Å². The zero-order valence-electron chi connectivity index (χ0n) is 11.2. The Hall–Kier alpha value is -0.430. The van der Waals surface area contributed by atoms with Crippen LogP contribution in [-0.2, 0) is 11.3 Å². The quantitative estimate of drug-likeness (QED) is 0.769. The van der Waals surface area contributed by atoms with E-state index in [0.717, 1.165) is 49.9 Å². The lowest BCUT2D eigenvalue weighted by Crippen LogP contribution is -2.38. The Bertz CT molecular complexity index is 365. The first-order chi connectivity index (χ1) is 9.28. The number of likely N-dealkylation sites (tertiary alicyclic amines) is 1. The van der Waals surface area contributed by atoms with Crippen molar-refractivity contribution in [3.05, 3.63) is 16.9 Å². The molecule has 0 unspecified atom stereocenters. The molecule has 1 aliphatic heterocycles. The van der Waals surface area contributed by atoms with Crippen LogP contribution < -0.4 is 0 Å². The molecule has 5 nitrogen and oxygen atoms in total. The molecule has 6 heteroatoms. The fourth-order valence-electron chi connectivity index (χ4n) is 2.32. The van der Waals surface area contributed by atoms with E-state index in [1.165, 1.54) is 0 Å². The van der Waals surface area contributed by atoms with Crippen LogP contribution in [0.4, 0.5) is 0 Å². The summed E-state index contributed by atoms with van der Waals surface area (Å²) in [6.07, 6.45) is 7.13. The van der Waals surface area contributed by atoms with Gasteiger partial charge in [-0.1, -0.05) is 0 Å². The summed E-state index contributed by atoms with van der Waals surface area (Å²) in [4.78, 5) is 2.46. The standard InChI is InChI=1S/C13H22BrN3O2/c14-12-10-15-17(11-12)7-6-16-4-2-13(3-5-16)19-9-1-8-18/h10-11,13,18H,1-9H2. The van der Waals surface area contributed by atoms with Gasteiger partial charge in [-0.15, -0.1) is 0 Å². The summed E-state index contributed by atoms with van der Waals surface area (Å²) in [6, 6.07) is 0. The van der Waals surface area contributed by atoms with Crippen LogP contribution in [0.3, 0.4) is 0 Å². The molecule has 2 heterocycles. The third-order valence-electron chi connectivity index (χ3n) is 3.44. The molecule has 0 aromatic carbocycles. The van der Waals surface area contributed by atoms with E-state index in [1.54, 1.807) is 0 Å². The third-order valence-corrected chi connectivity index (χ3v) is 3.85. The number of aromatic nitrogens is 2. The molecule has 1 N–H and O–H groups in total. The highest BCUT2D eigenvalue weighted by molar-refractivity contribution is 9.10. The van der Waals surface area contributed by atoms with Gasteiger partial charge < -0.3 is 14.7 Å². The molecule has 2 rings (SSSR count). The van der Waals surface area contributed by atoms with Gasteiger partial charge in [0, 0.05) is 39.0 Å². The number of rotatable bonds is 7. The van der Waals surface area contributed by atoms with Gasteiger partial charge >= 0.3 is 0 Å². The van der Waals surface area contributed by atoms with E-state index in [4.69, 9.17) is 9.84 Å². The van der Waals surface area contributed by atoms with E-state index >= 15 is 0 Å². The molecule has 0 aliphatic carbocycles. The molecular weight excluding hydrogens is 310 g/mol. The number of hydrogen-bond acceptors (Lipinski definition) is 4. The number of ether oxygens (including phenoxy) is 1. The molecule has 1 aromatic heterocycles. The largest absolute Gasteiger partial charge is 0.396 e. The molecule has 0 atom stereocenters. The molecule has 0 saturated carbocycles. The van der Waals surface area contributed by atoms with Crippen LogP contribution in [0.25, 0.3) is 0 Å². The molecule has 0 amide bonds. The average Bonchev–Trinajstić information content (AvgIpc) is 2.84. The van der Waals surface area contributed by atoms with E-state index in [2.05, 4.69) is 25.9 Å². The third kappa shape index (κ3) is 5.22. The van der Waals surface area contributed by atoms with Gasteiger partial charge in [0.25, 0.3) is 0 Å². The van der Waals surface area contributed by atoms with Crippen LogP contribution in [0, 0.1) is 0 Å². The number of nitrogens with zero attached hydrogens (tertiary/aromatic N) is 3. The lowest BCUT2D eigenvalue weighted by molar-refractivity contribution is 0.00166. The van der Waals surface area contributed by atoms with Crippen molar-refractivity contribution < 1.29 is 9.84 Å². The summed E-state index contributed by atoms with van der Waals surface area (Å²) >= 11 is 3.40. The Labute approximate surface area is 122 Å². The SMILES string of the molecule is OCCCOC1CCN(CCn2cc(Br)cn2)CC1. The van der Waals surface area contributed by atoms with E-state index in [-0.39, 0.29) is 6.61 Å². The monoisotopic (exact) mass is 331 g/mol. The Kier molecular flexibility index (Phi) is 6.30. The molecule has 1 fully saturated rings. The maximum atomic E-state index is 8.72. The Morgan fingerprint density at radius 1 is 1.37 bits per heavy atom. The van der Waals surface area contributed by atoms with Gasteiger partial charge in [-0.05, 0) is 35.2 Å². The smallest absolute Gasteiger partial charge is 0.0632 e. The summed E-state index contributed by atoms with van der Waals surface area (Å²) in [6.45, 7) is 5.05. The minimum atomic E-state index is 0.221. The molecule has 1 saturated heterocycles. The molecular formula is C13H22BrN3O2. The second-order valence-electron chi connectivity index (χ2n) is 4.91. The topological polar surface area (TPSA) is 50.5 Å². The molecule has 1 aromatic rings. The highest BCUT2D eigenvalue weighted by Crippen LogP contribution is 2.14. The summed E-state index contributed by atoms with van der Waals surface area (Å²) in [5, 5.41) is 13.0. The van der Waals surface area contributed by atoms with Crippen molar-refractivity contribution in [3.8, 4) is 0 Å². The summed E-state index contributed by atoms with van der Waals surface area (Å²) in [5.41, 5.74) is 0. The predicted molar refractivity (Wildman–Crippen MR) is 77.0 cm³/mol. The first-order valence-corrected chi connectivity index (χ1v) is 7.70. The van der Waals surface area contributed by atoms with E-state index in [0.29, 0.717) is 12.7 Å². The minimum absolute atomic E-state index is 0.221. The van der Waals surface area contributed by atoms with Crippen molar-refractivity contribution in [2.45, 2.75) is 31.9 Å². The number of aliphatic hydroxyl groups is 1. The van der Waals surface area contributed by atoms with E-state index in [1.807, 2.05) is 17.1 Å². The first-order valence-electron chi connectivity index (χ1n) is 6.90. The minimum Gasteiger partial charge on any atom is -0.396 e. The van der Waals surface area contributed by atoms with Crippen LogP contribution in [0.2, 0.25) is 0 Å². The van der Waals surface area contributed by atoms with Gasteiger partial charge in [0.15, 0.2) is 0 Å². The van der Waals surface area contributed by atoms with E-state index in [9.17, 15) is 0 Å². The molecule has 0 bridgehead atoms. The Morgan fingerprint density at radius 3 is 2.79 bits per heavy atom. The summed E-state index contributed by atoms with van der Waals surface area (Å²) < 4.78 is 8.72. The number of piperidine rings is 1. The molecule has 108 valence electrons. The van der Waals surface area contributed by atoms with Crippen molar-refractivity contribution in [2.24, 2.45) is 0 Å². The lowest BCUT2D eigenvalue weighted by atomic mass is 10.1. The maximum absolute atomic E-state index is 8.72. The van der Waals surface area contributed by atoms with Crippen LogP contribution in [0.15, 0.2) is 16.9 Å². The van der Waals surface area contributed by atoms with Crippen molar-refractivity contribution in [3.63, 3.8) is 0 Å². The number of aliphatic hydroxyl groups excluding tert-OH is 1. The number of hydrogen-bond donors (Lipinski definition) is 1. The fraction of sp³-hybridized carbons (Fsp3) is 0.769. The van der Waals surface area contributed by atoms with Crippen LogP contribution in [0.1, 0.15) is 19.3 Å². The van der Waals surface area contributed by atoms with Crippen molar-refractivity contribution in [2.75, 3.05) is 32.8 Å². The second-order valence-corrected chi connectivity index (χ2v) is 5.83. The zero-order chi connectivity index (χ0) is 13.5. The van der Waals surface area contributed by atoms with Crippen molar-refractivity contribution >= 4 is 15.9 Å². The fourth-order valence-corrected chi connectivity index (χ4v) is 2.65. The highest BCUT2D eigenvalue weighted by Gasteiger charge is 2.19. The van der Waals surface area contributed by atoms with E-state index < -0.39 is 0 Å². The molecule has 0 radical (unpaired) electrons. The molecule has 0 spiro atoms. The van der Waals surface area contributed by atoms with Gasteiger partial charge in [-0.25, -0.2) is 0 Å². The second kappa shape index (κ2) is 7.99. The summed E-state index contributed by atoms with van der Waals surface area (Å²) in [5.74, 6) is 0. The molecule has 19 heavy (non-hydrogen) atoms. The normalized spacial score (nSPS) is 18.0. The van der Waals surface area contributed by atoms with Gasteiger partial charge in [0.1, 0.15) is 0 Å². The average molecular weight is 332 g/mol. The zero-order valence-corrected chi connectivity index (χ0v) is 12.8. The molecule has 1 aliphatic rings. The number of halogens is 1. The van der Waals surface area contributed by atoms with Gasteiger partial charge in [-0.3, -0.25) is 4.68 Å². The Balaban J connectivity index is 1.60. The first kappa shape index (κ1) is 15.0. The van der Waals surface area contributed by atoms with Gasteiger partial charge in [0.05, 0.1) is 23.3 Å². The van der Waals surface area contributed by atoms with Gasteiger partial charge in [0.2, 0.25) is 0 Å². The van der Waals surface area contributed by atoms with Crippen molar-refractivity contribution in [1.29, 1.82) is 0 Å². The maximum Gasteiger partial charge on any atom is 0.0632 e. The predicted octanol–water partition coefficient (Wildman–Crippen LogP) is 1.51. The lowest BCUT2D eigenvalue weighted by Gasteiger charge is -2.31. The van der Waals surface area contributed by atoms with Crippen LogP contribution >= 0.6 is 15.9 Å². The summed E-state index contributed by atoms with van der Waals surface area (Å²) in [7, 11) is 0. The Morgan fingerprint density at radius 2 is 2.16 bits per heavy atom. The highest BCUT2D eigenvalue weighted by atomic mass is 79.9.